The first-order valence-electron chi connectivity index (χ1n) is 10.9. The lowest BCUT2D eigenvalue weighted by Gasteiger charge is -2.38. The Labute approximate surface area is 196 Å². The molecule has 0 aliphatic carbocycles. The number of anilines is 1. The number of halogens is 3. The number of piperazine rings is 1. The van der Waals surface area contributed by atoms with Crippen molar-refractivity contribution in [2.24, 2.45) is 4.36 Å². The fourth-order valence-electron chi connectivity index (χ4n) is 4.13. The van der Waals surface area contributed by atoms with Crippen LogP contribution in [-0.2, 0) is 20.9 Å². The molecule has 4 rings (SSSR count). The Kier molecular flexibility index (Phi) is 6.56. The number of nitrogens with zero attached hydrogens (tertiary/aromatic N) is 5. The molecule has 3 heterocycles. The van der Waals surface area contributed by atoms with Gasteiger partial charge in [-0.2, -0.15) is 13.2 Å². The highest BCUT2D eigenvalue weighted by molar-refractivity contribution is 7.93. The molecule has 0 saturated carbocycles. The van der Waals surface area contributed by atoms with Crippen molar-refractivity contribution < 1.29 is 26.9 Å². The molecule has 2 aromatic rings. The van der Waals surface area contributed by atoms with E-state index in [1.807, 2.05) is 4.90 Å². The van der Waals surface area contributed by atoms with Gasteiger partial charge in [0, 0.05) is 57.3 Å². The smallest absolute Gasteiger partial charge is 0.474 e. The number of carbonyl (C=O) groups excluding carboxylic acids is 1. The van der Waals surface area contributed by atoms with Gasteiger partial charge in [0.1, 0.15) is 11.9 Å². The van der Waals surface area contributed by atoms with Gasteiger partial charge in [0.15, 0.2) is 0 Å². The fraction of sp³-hybridized carbons (Fsp3) is 0.500. The summed E-state index contributed by atoms with van der Waals surface area (Å²) in [5, 5.41) is 0. The third-order valence-electron chi connectivity index (χ3n) is 6.11. The van der Waals surface area contributed by atoms with E-state index in [1.54, 1.807) is 0 Å². The molecular formula is C22H26F3N5O3S. The van der Waals surface area contributed by atoms with Crippen LogP contribution in [0.25, 0.3) is 0 Å². The van der Waals surface area contributed by atoms with E-state index in [9.17, 15) is 22.2 Å². The van der Waals surface area contributed by atoms with Crippen LogP contribution in [0, 0.1) is 0 Å². The van der Waals surface area contributed by atoms with Crippen molar-refractivity contribution in [1.29, 1.82) is 0 Å². The molecule has 1 saturated heterocycles. The average molecular weight is 498 g/mol. The fourth-order valence-corrected chi connectivity index (χ4v) is 5.15. The van der Waals surface area contributed by atoms with Gasteiger partial charge in [0.2, 0.25) is 5.95 Å². The summed E-state index contributed by atoms with van der Waals surface area (Å²) >= 11 is 0. The normalized spacial score (nSPS) is 21.4. The third-order valence-corrected chi connectivity index (χ3v) is 7.71. The molecular weight excluding hydrogens is 471 g/mol. The zero-order valence-corrected chi connectivity index (χ0v) is 19.9. The minimum atomic E-state index is -5.18. The lowest BCUT2D eigenvalue weighted by atomic mass is 10.0. The Morgan fingerprint density at radius 1 is 1.21 bits per heavy atom. The minimum Gasteiger partial charge on any atom is -0.490 e. The topological polar surface area (TPSA) is 88.0 Å². The standard InChI is InChI=1S/C22H26F3N5O3S/c1-14-10-17-5-4-16(11-19(17)33-14)15(2)29-6-8-30(9-7-29)21-26-12-18(13-27-21)34(3,32)28-20(31)22(23,24)25/h4-5,11-15H,6-10H2,1-3H3/t14-,15?,34?/m1/s1. The van der Waals surface area contributed by atoms with Crippen LogP contribution in [0.2, 0.25) is 0 Å². The van der Waals surface area contributed by atoms with E-state index in [-0.39, 0.29) is 17.0 Å². The number of hydrogen-bond donors (Lipinski definition) is 0. The number of fused-ring (bicyclic) bond motifs is 1. The van der Waals surface area contributed by atoms with Crippen LogP contribution >= 0.6 is 0 Å². The van der Waals surface area contributed by atoms with Gasteiger partial charge in [-0.05, 0) is 31.0 Å². The first-order chi connectivity index (χ1) is 15.9. The van der Waals surface area contributed by atoms with Crippen LogP contribution in [0.1, 0.15) is 31.0 Å². The van der Waals surface area contributed by atoms with Crippen LogP contribution in [0.15, 0.2) is 39.9 Å². The monoisotopic (exact) mass is 497 g/mol. The van der Waals surface area contributed by atoms with Crippen LogP contribution in [0.3, 0.4) is 0 Å². The van der Waals surface area contributed by atoms with Crippen molar-refractivity contribution in [3.63, 3.8) is 0 Å². The second kappa shape index (κ2) is 9.14. The number of aromatic nitrogens is 2. The number of carbonyl (C=O) groups is 1. The van der Waals surface area contributed by atoms with E-state index in [0.29, 0.717) is 19.0 Å². The third kappa shape index (κ3) is 5.17. The molecule has 0 bridgehead atoms. The zero-order valence-electron chi connectivity index (χ0n) is 19.1. The molecule has 2 aliphatic heterocycles. The minimum absolute atomic E-state index is 0.130. The van der Waals surface area contributed by atoms with E-state index in [0.717, 1.165) is 31.5 Å². The van der Waals surface area contributed by atoms with E-state index < -0.39 is 21.8 Å². The summed E-state index contributed by atoms with van der Waals surface area (Å²) < 4.78 is 58.6. The number of ether oxygens (including phenoxy) is 1. The SMILES string of the molecule is CC(c1ccc2c(c1)O[C@H](C)C2)N1CCN(c2ncc(S(C)(=O)=NC(=O)C(F)(F)F)cn2)CC1. The molecule has 3 atom stereocenters. The Morgan fingerprint density at radius 2 is 1.85 bits per heavy atom. The van der Waals surface area contributed by atoms with Gasteiger partial charge >= 0.3 is 12.1 Å². The zero-order chi connectivity index (χ0) is 24.7. The summed E-state index contributed by atoms with van der Waals surface area (Å²) in [7, 11) is -3.61. The molecule has 1 fully saturated rings. The maximum absolute atomic E-state index is 12.5. The van der Waals surface area contributed by atoms with Crippen LogP contribution in [0.4, 0.5) is 19.1 Å². The molecule has 0 radical (unpaired) electrons. The van der Waals surface area contributed by atoms with Crippen LogP contribution in [0.5, 0.6) is 5.75 Å². The van der Waals surface area contributed by atoms with Crippen molar-refractivity contribution in [3.05, 3.63) is 41.7 Å². The molecule has 1 amide bonds. The van der Waals surface area contributed by atoms with Gasteiger partial charge in [-0.25, -0.2) is 14.2 Å². The second-order valence-electron chi connectivity index (χ2n) is 8.61. The van der Waals surface area contributed by atoms with Gasteiger partial charge in [-0.1, -0.05) is 12.1 Å². The largest absolute Gasteiger partial charge is 0.490 e. The highest BCUT2D eigenvalue weighted by Gasteiger charge is 2.39. The predicted molar refractivity (Wildman–Crippen MR) is 120 cm³/mol. The first-order valence-corrected chi connectivity index (χ1v) is 12.8. The molecule has 8 nitrogen and oxygen atoms in total. The summed E-state index contributed by atoms with van der Waals surface area (Å²) in [5.74, 6) is -1.05. The molecule has 1 aromatic carbocycles. The van der Waals surface area contributed by atoms with Crippen molar-refractivity contribution in [2.45, 2.75) is 43.5 Å². The molecule has 0 spiro atoms. The van der Waals surface area contributed by atoms with Gasteiger partial charge in [-0.3, -0.25) is 9.69 Å². The number of hydrogen-bond acceptors (Lipinski definition) is 7. The average Bonchev–Trinajstić information content (AvgIpc) is 3.17. The van der Waals surface area contributed by atoms with Gasteiger partial charge in [0.25, 0.3) is 0 Å². The predicted octanol–water partition coefficient (Wildman–Crippen LogP) is 3.23. The summed E-state index contributed by atoms with van der Waals surface area (Å²) in [5.41, 5.74) is 2.43. The van der Waals surface area contributed by atoms with Crippen molar-refractivity contribution in [3.8, 4) is 5.75 Å². The number of rotatable bonds is 4. The molecule has 184 valence electrons. The highest BCUT2D eigenvalue weighted by Crippen LogP contribution is 2.33. The van der Waals surface area contributed by atoms with Gasteiger partial charge < -0.3 is 9.64 Å². The molecule has 2 aliphatic rings. The Balaban J connectivity index is 1.39. The van der Waals surface area contributed by atoms with Gasteiger partial charge in [0.05, 0.1) is 14.6 Å². The maximum atomic E-state index is 12.5. The van der Waals surface area contributed by atoms with Gasteiger partial charge in [-0.15, -0.1) is 4.36 Å². The van der Waals surface area contributed by atoms with E-state index in [1.165, 1.54) is 23.5 Å². The summed E-state index contributed by atoms with van der Waals surface area (Å²) in [4.78, 5) is 23.6. The Bertz CT molecular complexity index is 1190. The summed E-state index contributed by atoms with van der Waals surface area (Å²) in [6.07, 6.45) is -0.755. The van der Waals surface area contributed by atoms with Crippen LogP contribution in [-0.4, -0.2) is 69.7 Å². The van der Waals surface area contributed by atoms with E-state index in [4.69, 9.17) is 4.74 Å². The van der Waals surface area contributed by atoms with Crippen molar-refractivity contribution >= 4 is 21.6 Å². The molecule has 34 heavy (non-hydrogen) atoms. The van der Waals surface area contributed by atoms with E-state index >= 15 is 0 Å². The van der Waals surface area contributed by atoms with Crippen molar-refractivity contribution in [1.82, 2.24) is 14.9 Å². The molecule has 0 N–H and O–H groups in total. The summed E-state index contributed by atoms with van der Waals surface area (Å²) in [6, 6.07) is 6.61. The summed E-state index contributed by atoms with van der Waals surface area (Å²) in [6.45, 7) is 7.06. The molecule has 12 heteroatoms. The lowest BCUT2D eigenvalue weighted by Crippen LogP contribution is -2.47. The molecule has 1 aromatic heterocycles. The van der Waals surface area contributed by atoms with Crippen LogP contribution < -0.4 is 9.64 Å². The first kappa shape index (κ1) is 24.4. The van der Waals surface area contributed by atoms with E-state index in [2.05, 4.69) is 51.3 Å². The lowest BCUT2D eigenvalue weighted by molar-refractivity contribution is -0.169. The highest BCUT2D eigenvalue weighted by atomic mass is 32.2. The Morgan fingerprint density at radius 3 is 2.47 bits per heavy atom. The number of benzene rings is 1. The maximum Gasteiger partial charge on any atom is 0.474 e. The molecule has 2 unspecified atom stereocenters. The van der Waals surface area contributed by atoms with Crippen molar-refractivity contribution in [2.75, 3.05) is 37.3 Å². The number of alkyl halides is 3. The quantitative estimate of drug-likeness (QED) is 0.641. The Hall–Kier alpha value is -2.73. The second-order valence-corrected chi connectivity index (χ2v) is 10.9. The number of amides is 1.